The topological polar surface area (TPSA) is 63.0 Å². The highest BCUT2D eigenvalue weighted by Crippen LogP contribution is 2.33. The van der Waals surface area contributed by atoms with Gasteiger partial charge in [-0.05, 0) is 62.1 Å². The second-order valence-electron chi connectivity index (χ2n) is 9.50. The van der Waals surface area contributed by atoms with Gasteiger partial charge in [-0.2, -0.15) is 0 Å². The normalized spacial score (nSPS) is 16.6. The zero-order valence-electron chi connectivity index (χ0n) is 19.8. The van der Waals surface area contributed by atoms with Crippen molar-refractivity contribution in [2.24, 2.45) is 0 Å². The maximum absolute atomic E-state index is 13.3. The zero-order valence-corrected chi connectivity index (χ0v) is 19.8. The first-order valence-electron chi connectivity index (χ1n) is 12.4. The molecule has 1 fully saturated rings. The molecule has 0 bridgehead atoms. The van der Waals surface area contributed by atoms with E-state index in [4.69, 9.17) is 9.15 Å². The average Bonchev–Trinajstić information content (AvgIpc) is 2.88. The number of aryl methyl sites for hydroxylation is 1. The van der Waals surface area contributed by atoms with E-state index < -0.39 is 5.63 Å². The number of amides is 1. The van der Waals surface area contributed by atoms with E-state index >= 15 is 0 Å². The Morgan fingerprint density at radius 1 is 1.09 bits per heavy atom. The van der Waals surface area contributed by atoms with E-state index in [1.807, 2.05) is 49.5 Å². The highest BCUT2D eigenvalue weighted by molar-refractivity contribution is 5.98. The van der Waals surface area contributed by atoms with Crippen molar-refractivity contribution >= 4 is 22.6 Å². The molecule has 6 nitrogen and oxygen atoms in total. The lowest BCUT2D eigenvalue weighted by Crippen LogP contribution is -2.46. The number of anilines is 1. The monoisotopic (exact) mass is 460 g/mol. The highest BCUT2D eigenvalue weighted by Gasteiger charge is 2.30. The Hall–Kier alpha value is -3.12. The van der Waals surface area contributed by atoms with E-state index in [-0.39, 0.29) is 5.91 Å². The molecule has 0 unspecified atom stereocenters. The summed E-state index contributed by atoms with van der Waals surface area (Å²) < 4.78 is 11.7. The fourth-order valence-corrected chi connectivity index (χ4v) is 5.31. The molecule has 2 aromatic carbocycles. The number of carbonyl (C=O) groups excluding carboxylic acids is 1. The van der Waals surface area contributed by atoms with Gasteiger partial charge in [0.2, 0.25) is 5.91 Å². The number of fused-ring (bicyclic) bond motifs is 3. The van der Waals surface area contributed by atoms with Crippen LogP contribution in [0.3, 0.4) is 0 Å². The lowest BCUT2D eigenvalue weighted by Gasteiger charge is -2.34. The smallest absolute Gasteiger partial charge is 0.360 e. The van der Waals surface area contributed by atoms with Crippen molar-refractivity contribution in [1.82, 2.24) is 4.90 Å². The number of nitrogens with zero attached hydrogens (tertiary/aromatic N) is 2. The number of rotatable bonds is 6. The molecular weight excluding hydrogens is 428 g/mol. The minimum absolute atomic E-state index is 0.0304. The van der Waals surface area contributed by atoms with Crippen LogP contribution >= 0.6 is 0 Å². The van der Waals surface area contributed by atoms with Crippen molar-refractivity contribution < 1.29 is 13.9 Å². The third-order valence-corrected chi connectivity index (χ3v) is 7.17. The quantitative estimate of drug-likeness (QED) is 0.489. The number of likely N-dealkylation sites (N-methyl/N-ethyl adjacent to an activating group) is 1. The molecule has 0 spiro atoms. The molecule has 0 atom stereocenters. The van der Waals surface area contributed by atoms with Gasteiger partial charge in [0.25, 0.3) is 0 Å². The van der Waals surface area contributed by atoms with Gasteiger partial charge in [-0.3, -0.25) is 9.69 Å². The second kappa shape index (κ2) is 10.0. The molecule has 2 aliphatic rings. The lowest BCUT2D eigenvalue weighted by atomic mass is 9.94. The summed E-state index contributed by atoms with van der Waals surface area (Å²) in [5, 5.41) is 0.846. The first-order chi connectivity index (χ1) is 16.6. The molecule has 1 aromatic heterocycles. The summed E-state index contributed by atoms with van der Waals surface area (Å²) in [6.45, 7) is 1.33. The first-order valence-corrected chi connectivity index (χ1v) is 12.4. The Morgan fingerprint density at radius 3 is 2.68 bits per heavy atom. The standard InChI is InChI=1S/C28H32N2O4/c1-29(21-11-6-3-7-12-21)18-26(31)30-16-8-13-23-24-17-22(33-19-20-9-4-2-5-10-20)14-15-25(24)34-28(32)27(23)30/h2,4-5,9-10,14-15,17,21H,3,6-8,11-13,16,18-19H2,1H3. The van der Waals surface area contributed by atoms with E-state index in [1.165, 1.54) is 19.3 Å². The molecule has 0 saturated heterocycles. The third kappa shape index (κ3) is 4.73. The Morgan fingerprint density at radius 2 is 1.88 bits per heavy atom. The van der Waals surface area contributed by atoms with Crippen molar-refractivity contribution in [3.8, 4) is 5.75 Å². The van der Waals surface area contributed by atoms with Crippen LogP contribution in [0.25, 0.3) is 11.0 Å². The summed E-state index contributed by atoms with van der Waals surface area (Å²) >= 11 is 0. The van der Waals surface area contributed by atoms with Crippen molar-refractivity contribution in [2.45, 2.75) is 57.6 Å². The molecule has 178 valence electrons. The molecule has 0 radical (unpaired) electrons. The Balaban J connectivity index is 1.40. The first kappa shape index (κ1) is 22.7. The van der Waals surface area contributed by atoms with Crippen LogP contribution in [0.1, 0.15) is 49.7 Å². The van der Waals surface area contributed by atoms with E-state index in [0.29, 0.717) is 42.8 Å². The summed E-state index contributed by atoms with van der Waals surface area (Å²) in [6.07, 6.45) is 7.56. The number of hydrogen-bond acceptors (Lipinski definition) is 5. The van der Waals surface area contributed by atoms with Gasteiger partial charge < -0.3 is 14.1 Å². The van der Waals surface area contributed by atoms with Crippen molar-refractivity contribution in [2.75, 3.05) is 25.0 Å². The number of benzene rings is 2. The lowest BCUT2D eigenvalue weighted by molar-refractivity contribution is -0.120. The van der Waals surface area contributed by atoms with Crippen LogP contribution in [-0.2, 0) is 17.8 Å². The molecular formula is C28H32N2O4. The van der Waals surface area contributed by atoms with E-state index in [2.05, 4.69) is 4.90 Å². The van der Waals surface area contributed by atoms with Gasteiger partial charge in [-0.15, -0.1) is 0 Å². The largest absolute Gasteiger partial charge is 0.489 e. The fraction of sp³-hybridized carbons (Fsp3) is 0.429. The van der Waals surface area contributed by atoms with Gasteiger partial charge in [-0.1, -0.05) is 49.6 Å². The fourth-order valence-electron chi connectivity index (χ4n) is 5.31. The SMILES string of the molecule is CN(CC(=O)N1CCCc2c1c(=O)oc1ccc(OCc3ccccc3)cc21)C1CCCCC1. The van der Waals surface area contributed by atoms with E-state index in [0.717, 1.165) is 42.2 Å². The molecule has 3 aromatic rings. The summed E-state index contributed by atoms with van der Waals surface area (Å²) in [5.74, 6) is 0.685. The molecule has 0 N–H and O–H groups in total. The molecule has 2 heterocycles. The van der Waals surface area contributed by atoms with Crippen molar-refractivity contribution in [3.05, 3.63) is 70.1 Å². The van der Waals surface area contributed by atoms with Crippen LogP contribution in [0.15, 0.2) is 57.7 Å². The minimum atomic E-state index is -0.436. The molecule has 1 aliphatic carbocycles. The number of ether oxygens (including phenoxy) is 1. The molecule has 34 heavy (non-hydrogen) atoms. The van der Waals surface area contributed by atoms with Gasteiger partial charge in [0.15, 0.2) is 0 Å². The maximum atomic E-state index is 13.3. The number of carbonyl (C=O) groups is 1. The predicted octanol–water partition coefficient (Wildman–Crippen LogP) is 4.92. The summed E-state index contributed by atoms with van der Waals surface area (Å²) in [6, 6.07) is 16.0. The molecule has 5 rings (SSSR count). The summed E-state index contributed by atoms with van der Waals surface area (Å²) in [4.78, 5) is 30.1. The zero-order chi connectivity index (χ0) is 23.5. The Labute approximate surface area is 200 Å². The highest BCUT2D eigenvalue weighted by atomic mass is 16.5. The van der Waals surface area contributed by atoms with Crippen LogP contribution in [0.2, 0.25) is 0 Å². The summed E-state index contributed by atoms with van der Waals surface area (Å²) in [7, 11) is 2.03. The molecule has 1 saturated carbocycles. The van der Waals surface area contributed by atoms with Gasteiger partial charge in [0, 0.05) is 18.0 Å². The second-order valence-corrected chi connectivity index (χ2v) is 9.50. The van der Waals surface area contributed by atoms with Crippen LogP contribution < -0.4 is 15.3 Å². The van der Waals surface area contributed by atoms with Crippen LogP contribution in [0, 0.1) is 0 Å². The van der Waals surface area contributed by atoms with Crippen molar-refractivity contribution in [1.29, 1.82) is 0 Å². The summed E-state index contributed by atoms with van der Waals surface area (Å²) in [5.41, 5.74) is 2.47. The predicted molar refractivity (Wildman–Crippen MR) is 133 cm³/mol. The maximum Gasteiger partial charge on any atom is 0.360 e. The Kier molecular flexibility index (Phi) is 6.68. The van der Waals surface area contributed by atoms with E-state index in [9.17, 15) is 9.59 Å². The molecule has 1 amide bonds. The number of hydrogen-bond donors (Lipinski definition) is 0. The van der Waals surface area contributed by atoms with Gasteiger partial charge in [0.05, 0.1) is 6.54 Å². The van der Waals surface area contributed by atoms with Gasteiger partial charge in [-0.25, -0.2) is 4.79 Å². The van der Waals surface area contributed by atoms with E-state index in [1.54, 1.807) is 11.0 Å². The molecule has 1 aliphatic heterocycles. The van der Waals surface area contributed by atoms with Crippen molar-refractivity contribution in [3.63, 3.8) is 0 Å². The molecule has 6 heteroatoms. The van der Waals surface area contributed by atoms with Crippen LogP contribution in [-0.4, -0.2) is 37.0 Å². The van der Waals surface area contributed by atoms with Crippen LogP contribution in [0.5, 0.6) is 5.75 Å². The minimum Gasteiger partial charge on any atom is -0.489 e. The Bertz CT molecular complexity index is 1210. The average molecular weight is 461 g/mol. The van der Waals surface area contributed by atoms with Crippen LogP contribution in [0.4, 0.5) is 5.69 Å². The van der Waals surface area contributed by atoms with Gasteiger partial charge >= 0.3 is 5.63 Å². The third-order valence-electron chi connectivity index (χ3n) is 7.17. The van der Waals surface area contributed by atoms with Gasteiger partial charge in [0.1, 0.15) is 23.6 Å².